The van der Waals surface area contributed by atoms with E-state index in [1.807, 2.05) is 0 Å². The van der Waals surface area contributed by atoms with Crippen molar-refractivity contribution in [3.63, 3.8) is 0 Å². The normalized spacial score (nSPS) is 11.8. The molecule has 0 aromatic rings. The van der Waals surface area contributed by atoms with Crippen molar-refractivity contribution in [2.45, 2.75) is 47.0 Å². The highest BCUT2D eigenvalue weighted by molar-refractivity contribution is 5.97. The standard InChI is InChI=1S/C25H36O12/c1-7-32-22(28)16(5)18(24(30)34-9-3)14-20(26)36-12-11-13-37-21(27)15-19(25(31)35-10-4)17(6)23(29)33-8-2/h18-19H,5-15H2,1-4H3. The minimum Gasteiger partial charge on any atom is -0.466 e. The summed E-state index contributed by atoms with van der Waals surface area (Å²) in [5.41, 5.74) is -0.460. The Labute approximate surface area is 216 Å². The van der Waals surface area contributed by atoms with E-state index in [1.165, 1.54) is 0 Å². The monoisotopic (exact) mass is 528 g/mol. The van der Waals surface area contributed by atoms with E-state index in [0.717, 1.165) is 0 Å². The van der Waals surface area contributed by atoms with Crippen LogP contribution in [0.1, 0.15) is 47.0 Å². The largest absolute Gasteiger partial charge is 0.466 e. The van der Waals surface area contributed by atoms with Gasteiger partial charge < -0.3 is 28.4 Å². The Hall–Kier alpha value is -3.70. The second-order valence-corrected chi connectivity index (χ2v) is 7.30. The first kappa shape index (κ1) is 33.3. The van der Waals surface area contributed by atoms with Crippen LogP contribution in [0.2, 0.25) is 0 Å². The molecular formula is C25H36O12. The van der Waals surface area contributed by atoms with Crippen molar-refractivity contribution in [1.82, 2.24) is 0 Å². The molecule has 0 rings (SSSR count). The predicted octanol–water partition coefficient (Wildman–Crippen LogP) is 1.84. The smallest absolute Gasteiger partial charge is 0.334 e. The van der Waals surface area contributed by atoms with E-state index in [4.69, 9.17) is 28.4 Å². The highest BCUT2D eigenvalue weighted by Crippen LogP contribution is 2.20. The van der Waals surface area contributed by atoms with E-state index in [-0.39, 0.29) is 57.2 Å². The maximum absolute atomic E-state index is 12.2. The van der Waals surface area contributed by atoms with Gasteiger partial charge in [-0.1, -0.05) is 13.2 Å². The fraction of sp³-hybridized carbons (Fsp3) is 0.600. The van der Waals surface area contributed by atoms with Crippen molar-refractivity contribution in [2.75, 3.05) is 39.6 Å². The summed E-state index contributed by atoms with van der Waals surface area (Å²) in [6, 6.07) is 0. The van der Waals surface area contributed by atoms with Crippen molar-refractivity contribution < 1.29 is 57.2 Å². The van der Waals surface area contributed by atoms with Crippen molar-refractivity contribution >= 4 is 35.8 Å². The molecule has 0 bridgehead atoms. The Bertz CT molecular complexity index is 777. The number of hydrogen-bond acceptors (Lipinski definition) is 12. The summed E-state index contributed by atoms with van der Waals surface area (Å²) in [5, 5.41) is 0. The SMILES string of the molecule is C=C(C(=O)OCC)C(CC(=O)OCCCOC(=O)CC(C(=C)C(=O)OCC)C(=O)OCC)C(=O)OCC. The zero-order valence-electron chi connectivity index (χ0n) is 21.8. The summed E-state index contributed by atoms with van der Waals surface area (Å²) < 4.78 is 29.5. The van der Waals surface area contributed by atoms with Gasteiger partial charge in [0, 0.05) is 17.6 Å². The van der Waals surface area contributed by atoms with Gasteiger partial charge >= 0.3 is 35.8 Å². The van der Waals surface area contributed by atoms with Crippen molar-refractivity contribution in [3.05, 3.63) is 24.3 Å². The maximum atomic E-state index is 12.2. The first-order chi connectivity index (χ1) is 17.5. The van der Waals surface area contributed by atoms with Crippen LogP contribution in [0, 0.1) is 11.8 Å². The molecule has 2 atom stereocenters. The zero-order valence-corrected chi connectivity index (χ0v) is 21.8. The molecular weight excluding hydrogens is 492 g/mol. The first-order valence-corrected chi connectivity index (χ1v) is 11.9. The third kappa shape index (κ3) is 12.7. The van der Waals surface area contributed by atoms with Gasteiger partial charge in [0.05, 0.1) is 64.3 Å². The van der Waals surface area contributed by atoms with Gasteiger partial charge in [0.15, 0.2) is 0 Å². The minimum absolute atomic E-state index is 0.0377. The molecule has 37 heavy (non-hydrogen) atoms. The molecule has 0 saturated carbocycles. The van der Waals surface area contributed by atoms with Crippen molar-refractivity contribution in [2.24, 2.45) is 11.8 Å². The lowest BCUT2D eigenvalue weighted by atomic mass is 9.97. The Balaban J connectivity index is 4.76. The Morgan fingerprint density at radius 3 is 1.16 bits per heavy atom. The van der Waals surface area contributed by atoms with Crippen LogP contribution in [-0.4, -0.2) is 75.5 Å². The van der Waals surface area contributed by atoms with Crippen LogP contribution in [0.3, 0.4) is 0 Å². The quantitative estimate of drug-likeness (QED) is 0.110. The van der Waals surface area contributed by atoms with Gasteiger partial charge in [-0.25, -0.2) is 9.59 Å². The average Bonchev–Trinajstić information content (AvgIpc) is 2.85. The molecule has 0 aliphatic rings. The van der Waals surface area contributed by atoms with Gasteiger partial charge in [0.2, 0.25) is 0 Å². The Kier molecular flexibility index (Phi) is 16.7. The minimum atomic E-state index is -1.27. The lowest BCUT2D eigenvalue weighted by molar-refractivity contribution is -0.156. The van der Waals surface area contributed by atoms with Crippen LogP contribution in [0.5, 0.6) is 0 Å². The lowest BCUT2D eigenvalue weighted by Gasteiger charge is -2.17. The van der Waals surface area contributed by atoms with E-state index in [2.05, 4.69) is 13.2 Å². The highest BCUT2D eigenvalue weighted by Gasteiger charge is 2.32. The molecule has 0 heterocycles. The molecule has 0 fully saturated rings. The number of ether oxygens (including phenoxy) is 6. The molecule has 0 aliphatic heterocycles. The third-order valence-corrected chi connectivity index (χ3v) is 4.62. The number of esters is 6. The number of hydrogen-bond donors (Lipinski definition) is 0. The van der Waals surface area contributed by atoms with Gasteiger partial charge in [-0.05, 0) is 27.7 Å². The number of carbonyl (C=O) groups excluding carboxylic acids is 6. The van der Waals surface area contributed by atoms with Crippen LogP contribution < -0.4 is 0 Å². The second-order valence-electron chi connectivity index (χ2n) is 7.30. The van der Waals surface area contributed by atoms with Crippen LogP contribution in [0.4, 0.5) is 0 Å². The molecule has 12 nitrogen and oxygen atoms in total. The summed E-state index contributed by atoms with van der Waals surface area (Å²) in [7, 11) is 0. The molecule has 2 unspecified atom stereocenters. The van der Waals surface area contributed by atoms with Crippen LogP contribution in [-0.2, 0) is 57.2 Å². The molecule has 0 spiro atoms. The summed E-state index contributed by atoms with van der Waals surface area (Å²) >= 11 is 0. The molecule has 208 valence electrons. The van der Waals surface area contributed by atoms with Crippen molar-refractivity contribution in [1.29, 1.82) is 0 Å². The first-order valence-electron chi connectivity index (χ1n) is 11.9. The van der Waals surface area contributed by atoms with E-state index in [1.54, 1.807) is 27.7 Å². The van der Waals surface area contributed by atoms with E-state index in [9.17, 15) is 28.8 Å². The molecule has 0 aromatic carbocycles. The molecule has 0 saturated heterocycles. The van der Waals surface area contributed by atoms with Gasteiger partial charge in [-0.15, -0.1) is 0 Å². The lowest BCUT2D eigenvalue weighted by Crippen LogP contribution is -2.28. The van der Waals surface area contributed by atoms with E-state index < -0.39 is 60.5 Å². The van der Waals surface area contributed by atoms with Crippen LogP contribution in [0.25, 0.3) is 0 Å². The molecule has 12 heteroatoms. The third-order valence-electron chi connectivity index (χ3n) is 4.62. The van der Waals surface area contributed by atoms with Gasteiger partial charge in [-0.3, -0.25) is 19.2 Å². The maximum Gasteiger partial charge on any atom is 0.334 e. The summed E-state index contributed by atoms with van der Waals surface area (Å²) in [6.07, 6.45) is -0.885. The fourth-order valence-electron chi connectivity index (χ4n) is 2.80. The summed E-state index contributed by atoms with van der Waals surface area (Å²) in [4.78, 5) is 72.5. The van der Waals surface area contributed by atoms with Gasteiger partial charge in [-0.2, -0.15) is 0 Å². The second kappa shape index (κ2) is 18.6. The van der Waals surface area contributed by atoms with Crippen LogP contribution in [0.15, 0.2) is 24.3 Å². The fourth-order valence-corrected chi connectivity index (χ4v) is 2.80. The Morgan fingerprint density at radius 1 is 0.541 bits per heavy atom. The topological polar surface area (TPSA) is 158 Å². The van der Waals surface area contributed by atoms with E-state index >= 15 is 0 Å². The summed E-state index contributed by atoms with van der Waals surface area (Å²) in [6.45, 7) is 13.3. The number of carbonyl (C=O) groups is 6. The highest BCUT2D eigenvalue weighted by atomic mass is 16.6. The number of rotatable bonds is 18. The molecule has 0 aromatic heterocycles. The van der Waals surface area contributed by atoms with Gasteiger partial charge in [0.1, 0.15) is 0 Å². The average molecular weight is 529 g/mol. The molecule has 0 aliphatic carbocycles. The van der Waals surface area contributed by atoms with Gasteiger partial charge in [0.25, 0.3) is 0 Å². The van der Waals surface area contributed by atoms with Crippen molar-refractivity contribution in [3.8, 4) is 0 Å². The molecule has 0 N–H and O–H groups in total. The van der Waals surface area contributed by atoms with E-state index in [0.29, 0.717) is 0 Å². The predicted molar refractivity (Wildman–Crippen MR) is 128 cm³/mol. The summed E-state index contributed by atoms with van der Waals surface area (Å²) in [5.74, 6) is -7.42. The zero-order chi connectivity index (χ0) is 28.4. The molecule has 0 radical (unpaired) electrons. The Morgan fingerprint density at radius 2 is 0.865 bits per heavy atom. The molecule has 0 amide bonds. The van der Waals surface area contributed by atoms with Crippen LogP contribution >= 0.6 is 0 Å².